The van der Waals surface area contributed by atoms with Gasteiger partial charge in [0.2, 0.25) is 5.91 Å². The van der Waals surface area contributed by atoms with Crippen LogP contribution in [0.2, 0.25) is 0 Å². The molecule has 0 saturated heterocycles. The van der Waals surface area contributed by atoms with E-state index in [1.54, 1.807) is 28.8 Å². The zero-order chi connectivity index (χ0) is 19.5. The molecule has 0 bridgehead atoms. The molecule has 0 radical (unpaired) electrons. The van der Waals surface area contributed by atoms with Gasteiger partial charge in [-0.15, -0.1) is 10.2 Å². The van der Waals surface area contributed by atoms with Gasteiger partial charge in [-0.05, 0) is 54.1 Å². The lowest BCUT2D eigenvalue weighted by Gasteiger charge is -2.06. The van der Waals surface area contributed by atoms with Crippen molar-refractivity contribution in [1.29, 1.82) is 0 Å². The summed E-state index contributed by atoms with van der Waals surface area (Å²) in [5.41, 5.74) is 2.93. The van der Waals surface area contributed by atoms with Crippen LogP contribution in [0.4, 0.5) is 4.39 Å². The third kappa shape index (κ3) is 4.07. The van der Waals surface area contributed by atoms with Crippen molar-refractivity contribution in [3.8, 4) is 11.3 Å². The number of halogens is 2. The van der Waals surface area contributed by atoms with Crippen LogP contribution in [0.5, 0.6) is 0 Å². The molecule has 0 aliphatic rings. The highest BCUT2D eigenvalue weighted by atomic mass is 79.9. The molecule has 2 aromatic heterocycles. The number of hydrogen-bond donors (Lipinski definition) is 1. The van der Waals surface area contributed by atoms with Gasteiger partial charge in [0.25, 0.3) is 0 Å². The zero-order valence-corrected chi connectivity index (χ0v) is 16.2. The smallest absolute Gasteiger partial charge is 0.224 e. The fourth-order valence-corrected chi connectivity index (χ4v) is 3.01. The van der Waals surface area contributed by atoms with Gasteiger partial charge in [-0.3, -0.25) is 4.79 Å². The third-order valence-corrected chi connectivity index (χ3v) is 4.72. The van der Waals surface area contributed by atoms with Crippen LogP contribution in [0, 0.1) is 5.82 Å². The molecule has 4 aromatic rings. The molecule has 28 heavy (non-hydrogen) atoms. The van der Waals surface area contributed by atoms with Gasteiger partial charge in [0, 0.05) is 10.0 Å². The SMILES string of the molecule is O=C(Cc1ccc(Br)cc1)NCc1nnc2ccc(-c3ccc(F)cc3)nn12. The Kier molecular flexibility index (Phi) is 5.12. The van der Waals surface area contributed by atoms with Crippen LogP contribution in [0.1, 0.15) is 11.4 Å². The van der Waals surface area contributed by atoms with E-state index < -0.39 is 0 Å². The Morgan fingerprint density at radius 3 is 2.50 bits per heavy atom. The summed E-state index contributed by atoms with van der Waals surface area (Å²) in [6, 6.07) is 17.3. The fraction of sp³-hybridized carbons (Fsp3) is 0.100. The van der Waals surface area contributed by atoms with Crippen molar-refractivity contribution in [1.82, 2.24) is 25.1 Å². The van der Waals surface area contributed by atoms with Gasteiger partial charge in [0.15, 0.2) is 11.5 Å². The Balaban J connectivity index is 1.49. The van der Waals surface area contributed by atoms with E-state index in [1.807, 2.05) is 24.3 Å². The number of hydrogen-bond acceptors (Lipinski definition) is 4. The fourth-order valence-electron chi connectivity index (χ4n) is 2.75. The predicted octanol–water partition coefficient (Wildman–Crippen LogP) is 3.55. The number of carbonyl (C=O) groups is 1. The average molecular weight is 440 g/mol. The van der Waals surface area contributed by atoms with Crippen molar-refractivity contribution in [3.63, 3.8) is 0 Å². The minimum atomic E-state index is -0.302. The Bertz CT molecular complexity index is 1130. The number of fused-ring (bicyclic) bond motifs is 1. The monoisotopic (exact) mass is 439 g/mol. The van der Waals surface area contributed by atoms with E-state index in [2.05, 4.69) is 36.5 Å². The summed E-state index contributed by atoms with van der Waals surface area (Å²) in [7, 11) is 0. The second-order valence-electron chi connectivity index (χ2n) is 6.19. The van der Waals surface area contributed by atoms with Gasteiger partial charge in [0.1, 0.15) is 5.82 Å². The van der Waals surface area contributed by atoms with Crippen LogP contribution >= 0.6 is 15.9 Å². The molecule has 140 valence electrons. The summed E-state index contributed by atoms with van der Waals surface area (Å²) < 4.78 is 15.7. The lowest BCUT2D eigenvalue weighted by Crippen LogP contribution is -2.25. The van der Waals surface area contributed by atoms with Gasteiger partial charge in [-0.2, -0.15) is 9.61 Å². The van der Waals surface area contributed by atoms with Gasteiger partial charge < -0.3 is 5.32 Å². The number of benzene rings is 2. The molecule has 0 fully saturated rings. The first-order valence-electron chi connectivity index (χ1n) is 8.57. The number of nitrogens with zero attached hydrogens (tertiary/aromatic N) is 4. The van der Waals surface area contributed by atoms with E-state index in [1.165, 1.54) is 12.1 Å². The van der Waals surface area contributed by atoms with E-state index in [0.717, 1.165) is 15.6 Å². The van der Waals surface area contributed by atoms with Gasteiger partial charge >= 0.3 is 0 Å². The number of carbonyl (C=O) groups excluding carboxylic acids is 1. The molecule has 4 rings (SSSR count). The summed E-state index contributed by atoms with van der Waals surface area (Å²) in [5.74, 6) is 0.0974. The van der Waals surface area contributed by atoms with Crippen LogP contribution in [-0.4, -0.2) is 25.7 Å². The van der Waals surface area contributed by atoms with Gasteiger partial charge in [-0.25, -0.2) is 4.39 Å². The minimum Gasteiger partial charge on any atom is -0.348 e. The molecule has 0 aliphatic carbocycles. The third-order valence-electron chi connectivity index (χ3n) is 4.19. The maximum Gasteiger partial charge on any atom is 0.224 e. The highest BCUT2D eigenvalue weighted by Gasteiger charge is 2.11. The van der Waals surface area contributed by atoms with Gasteiger partial charge in [0.05, 0.1) is 18.7 Å². The summed E-state index contributed by atoms with van der Waals surface area (Å²) >= 11 is 3.37. The van der Waals surface area contributed by atoms with Crippen LogP contribution in [0.3, 0.4) is 0 Å². The molecule has 0 spiro atoms. The molecule has 0 saturated carbocycles. The van der Waals surface area contributed by atoms with Crippen molar-refractivity contribution < 1.29 is 9.18 Å². The van der Waals surface area contributed by atoms with Crippen molar-refractivity contribution in [2.45, 2.75) is 13.0 Å². The first-order valence-corrected chi connectivity index (χ1v) is 9.36. The molecule has 1 amide bonds. The molecule has 6 nitrogen and oxygen atoms in total. The minimum absolute atomic E-state index is 0.117. The lowest BCUT2D eigenvalue weighted by atomic mass is 10.1. The van der Waals surface area contributed by atoms with Crippen LogP contribution in [0.25, 0.3) is 16.9 Å². The van der Waals surface area contributed by atoms with Crippen molar-refractivity contribution in [2.24, 2.45) is 0 Å². The van der Waals surface area contributed by atoms with Crippen LogP contribution in [0.15, 0.2) is 65.1 Å². The van der Waals surface area contributed by atoms with E-state index >= 15 is 0 Å². The van der Waals surface area contributed by atoms with Gasteiger partial charge in [-0.1, -0.05) is 28.1 Å². The summed E-state index contributed by atoms with van der Waals surface area (Å²) in [6.07, 6.45) is 0.276. The quantitative estimate of drug-likeness (QED) is 0.515. The number of nitrogens with one attached hydrogen (secondary N) is 1. The topological polar surface area (TPSA) is 72.2 Å². The molecule has 2 aromatic carbocycles. The summed E-state index contributed by atoms with van der Waals surface area (Å²) in [4.78, 5) is 12.2. The molecule has 8 heteroatoms. The Hall–Kier alpha value is -3.13. The highest BCUT2D eigenvalue weighted by molar-refractivity contribution is 9.10. The second kappa shape index (κ2) is 7.85. The van der Waals surface area contributed by atoms with E-state index in [9.17, 15) is 9.18 Å². The Morgan fingerprint density at radius 2 is 1.75 bits per heavy atom. The number of rotatable bonds is 5. The van der Waals surface area contributed by atoms with E-state index in [4.69, 9.17) is 0 Å². The molecule has 0 aliphatic heterocycles. The average Bonchev–Trinajstić information content (AvgIpc) is 3.11. The van der Waals surface area contributed by atoms with Crippen LogP contribution < -0.4 is 5.32 Å². The highest BCUT2D eigenvalue weighted by Crippen LogP contribution is 2.18. The number of aromatic nitrogens is 4. The molecule has 2 heterocycles. The molecule has 0 unspecified atom stereocenters. The molecular weight excluding hydrogens is 425 g/mol. The van der Waals surface area contributed by atoms with Crippen LogP contribution in [-0.2, 0) is 17.8 Å². The number of amides is 1. The Labute approximate surface area is 168 Å². The van der Waals surface area contributed by atoms with E-state index in [0.29, 0.717) is 17.2 Å². The summed E-state index contributed by atoms with van der Waals surface area (Å²) in [6.45, 7) is 0.205. The molecule has 1 N–H and O–H groups in total. The first kappa shape index (κ1) is 18.2. The summed E-state index contributed by atoms with van der Waals surface area (Å²) in [5, 5.41) is 15.5. The lowest BCUT2D eigenvalue weighted by molar-refractivity contribution is -0.120. The largest absolute Gasteiger partial charge is 0.348 e. The molecule has 0 atom stereocenters. The second-order valence-corrected chi connectivity index (χ2v) is 7.11. The normalized spacial score (nSPS) is 10.9. The van der Waals surface area contributed by atoms with Crippen molar-refractivity contribution in [3.05, 3.63) is 82.3 Å². The maximum absolute atomic E-state index is 13.1. The standard InChI is InChI=1S/C20H15BrFN5O/c21-15-5-1-13(2-6-15)11-20(28)23-12-19-25-24-18-10-9-17(26-27(18)19)14-3-7-16(22)8-4-14/h1-10H,11-12H2,(H,23,28). The van der Waals surface area contributed by atoms with Crippen molar-refractivity contribution >= 4 is 27.5 Å². The Morgan fingerprint density at radius 1 is 1.00 bits per heavy atom. The first-order chi connectivity index (χ1) is 13.6. The maximum atomic E-state index is 13.1. The van der Waals surface area contributed by atoms with Crippen molar-refractivity contribution in [2.75, 3.05) is 0 Å². The predicted molar refractivity (Wildman–Crippen MR) is 106 cm³/mol. The van der Waals surface area contributed by atoms with E-state index in [-0.39, 0.29) is 24.7 Å². The zero-order valence-electron chi connectivity index (χ0n) is 14.6. The molecular formula is C20H15BrFN5O.